The van der Waals surface area contributed by atoms with Crippen LogP contribution in [0.4, 0.5) is 0 Å². The van der Waals surface area contributed by atoms with Gasteiger partial charge in [-0.15, -0.1) is 0 Å². The van der Waals surface area contributed by atoms with Crippen molar-refractivity contribution in [2.24, 2.45) is 0 Å². The van der Waals surface area contributed by atoms with E-state index in [0.29, 0.717) is 5.75 Å². The number of nitrogens with zero attached hydrogens (tertiary/aromatic N) is 1. The molecule has 3 rings (SSSR count). The van der Waals surface area contributed by atoms with Crippen LogP contribution in [0.15, 0.2) is 36.7 Å². The third-order valence-electron chi connectivity index (χ3n) is 3.83. The summed E-state index contributed by atoms with van der Waals surface area (Å²) in [7, 11) is 0. The molecule has 0 saturated heterocycles. The van der Waals surface area contributed by atoms with Crippen molar-refractivity contribution < 1.29 is 5.11 Å². The number of hydrogen-bond donors (Lipinski definition) is 1. The Balaban J connectivity index is 2.20. The standard InChI is InChI=1S/C15H17NO/c1-15(2)6-5-11-9-14(17)13(10-12(11)15)16-7-3-4-8-16/h3-4,7-10,17H,5-6H2,1-2H3. The molecule has 0 radical (unpaired) electrons. The average Bonchev–Trinajstić information content (AvgIpc) is 2.87. The molecule has 0 spiro atoms. The van der Waals surface area contributed by atoms with E-state index >= 15 is 0 Å². The lowest BCUT2D eigenvalue weighted by Crippen LogP contribution is -2.12. The number of aromatic nitrogens is 1. The quantitative estimate of drug-likeness (QED) is 0.793. The predicted molar refractivity (Wildman–Crippen MR) is 68.8 cm³/mol. The first-order valence-electron chi connectivity index (χ1n) is 6.08. The minimum Gasteiger partial charge on any atom is -0.506 e. The number of aryl methyl sites for hydroxylation is 1. The summed E-state index contributed by atoms with van der Waals surface area (Å²) in [6.07, 6.45) is 6.16. The predicted octanol–water partition coefficient (Wildman–Crippen LogP) is 3.41. The largest absolute Gasteiger partial charge is 0.506 e. The molecule has 1 heterocycles. The number of phenols is 1. The summed E-state index contributed by atoms with van der Waals surface area (Å²) in [5.41, 5.74) is 3.77. The first-order valence-corrected chi connectivity index (χ1v) is 6.08. The van der Waals surface area contributed by atoms with E-state index in [1.165, 1.54) is 11.1 Å². The molecule has 0 aliphatic heterocycles. The van der Waals surface area contributed by atoms with Crippen LogP contribution in [0.3, 0.4) is 0 Å². The Morgan fingerprint density at radius 1 is 1.18 bits per heavy atom. The second-order valence-electron chi connectivity index (χ2n) is 5.47. The van der Waals surface area contributed by atoms with E-state index < -0.39 is 0 Å². The zero-order valence-corrected chi connectivity index (χ0v) is 10.3. The highest BCUT2D eigenvalue weighted by atomic mass is 16.3. The molecule has 0 atom stereocenters. The SMILES string of the molecule is CC1(C)CCc2cc(O)c(-n3cccc3)cc21. The molecule has 1 N–H and O–H groups in total. The molecule has 1 aromatic carbocycles. The molecule has 17 heavy (non-hydrogen) atoms. The van der Waals surface area contributed by atoms with Gasteiger partial charge in [-0.2, -0.15) is 0 Å². The number of aromatic hydroxyl groups is 1. The Morgan fingerprint density at radius 2 is 1.88 bits per heavy atom. The topological polar surface area (TPSA) is 25.2 Å². The first kappa shape index (κ1) is 10.5. The molecular formula is C15H17NO. The van der Waals surface area contributed by atoms with E-state index in [-0.39, 0.29) is 5.41 Å². The fourth-order valence-corrected chi connectivity index (χ4v) is 2.74. The number of phenolic OH excluding ortho intramolecular Hbond substituents is 1. The highest BCUT2D eigenvalue weighted by molar-refractivity contribution is 5.55. The van der Waals surface area contributed by atoms with Gasteiger partial charge in [-0.05, 0) is 53.6 Å². The summed E-state index contributed by atoms with van der Waals surface area (Å²) in [6.45, 7) is 4.55. The van der Waals surface area contributed by atoms with E-state index in [4.69, 9.17) is 0 Å². The molecule has 2 heteroatoms. The fraction of sp³-hybridized carbons (Fsp3) is 0.333. The second-order valence-corrected chi connectivity index (χ2v) is 5.47. The molecule has 1 aliphatic carbocycles. The molecule has 2 aromatic rings. The maximum absolute atomic E-state index is 10.1. The zero-order chi connectivity index (χ0) is 12.0. The summed E-state index contributed by atoms with van der Waals surface area (Å²) in [6, 6.07) is 8.01. The monoisotopic (exact) mass is 227 g/mol. The first-order chi connectivity index (χ1) is 8.08. The number of fused-ring (bicyclic) bond motifs is 1. The van der Waals surface area contributed by atoms with Crippen LogP contribution >= 0.6 is 0 Å². The summed E-state index contributed by atoms with van der Waals surface area (Å²) in [5.74, 6) is 0.373. The van der Waals surface area contributed by atoms with Crippen molar-refractivity contribution in [3.63, 3.8) is 0 Å². The summed E-state index contributed by atoms with van der Waals surface area (Å²) in [4.78, 5) is 0. The highest BCUT2D eigenvalue weighted by Gasteiger charge is 2.30. The van der Waals surface area contributed by atoms with Crippen molar-refractivity contribution in [3.8, 4) is 11.4 Å². The molecule has 0 amide bonds. The Hall–Kier alpha value is -1.70. The van der Waals surface area contributed by atoms with Gasteiger partial charge in [-0.1, -0.05) is 13.8 Å². The Bertz CT molecular complexity index is 553. The Morgan fingerprint density at radius 3 is 2.59 bits per heavy atom. The lowest BCUT2D eigenvalue weighted by molar-refractivity contribution is 0.471. The number of benzene rings is 1. The van der Waals surface area contributed by atoms with E-state index in [9.17, 15) is 5.11 Å². The van der Waals surface area contributed by atoms with E-state index in [2.05, 4.69) is 19.9 Å². The third kappa shape index (κ3) is 1.55. The van der Waals surface area contributed by atoms with Gasteiger partial charge in [0.15, 0.2) is 0 Å². The normalized spacial score (nSPS) is 17.1. The highest BCUT2D eigenvalue weighted by Crippen LogP contribution is 2.41. The van der Waals surface area contributed by atoms with Crippen LogP contribution in [0.5, 0.6) is 5.75 Å². The van der Waals surface area contributed by atoms with Crippen molar-refractivity contribution in [2.45, 2.75) is 32.1 Å². The maximum atomic E-state index is 10.1. The lowest BCUT2D eigenvalue weighted by atomic mass is 9.86. The van der Waals surface area contributed by atoms with E-state index in [1.54, 1.807) is 0 Å². The Kier molecular flexibility index (Phi) is 2.09. The summed E-state index contributed by atoms with van der Waals surface area (Å²) in [5, 5.41) is 10.1. The Labute approximate surface area is 102 Å². The molecule has 2 nitrogen and oxygen atoms in total. The lowest BCUT2D eigenvalue weighted by Gasteiger charge is -2.20. The van der Waals surface area contributed by atoms with Gasteiger partial charge in [-0.25, -0.2) is 0 Å². The summed E-state index contributed by atoms with van der Waals surface area (Å²) >= 11 is 0. The number of hydrogen-bond acceptors (Lipinski definition) is 1. The van der Waals surface area contributed by atoms with Crippen molar-refractivity contribution in [3.05, 3.63) is 47.8 Å². The third-order valence-corrected chi connectivity index (χ3v) is 3.83. The molecule has 0 bridgehead atoms. The van der Waals surface area contributed by atoms with Gasteiger partial charge in [-0.3, -0.25) is 0 Å². The minimum absolute atomic E-state index is 0.227. The number of rotatable bonds is 1. The molecular weight excluding hydrogens is 210 g/mol. The van der Waals surface area contributed by atoms with Gasteiger partial charge < -0.3 is 9.67 Å². The maximum Gasteiger partial charge on any atom is 0.139 e. The van der Waals surface area contributed by atoms with Crippen molar-refractivity contribution in [2.75, 3.05) is 0 Å². The van der Waals surface area contributed by atoms with Crippen molar-refractivity contribution in [1.29, 1.82) is 0 Å². The van der Waals surface area contributed by atoms with Gasteiger partial charge in [0.2, 0.25) is 0 Å². The van der Waals surface area contributed by atoms with Gasteiger partial charge in [0, 0.05) is 12.4 Å². The molecule has 1 aliphatic rings. The van der Waals surface area contributed by atoms with E-state index in [0.717, 1.165) is 18.5 Å². The molecule has 0 saturated carbocycles. The molecule has 0 fully saturated rings. The van der Waals surface area contributed by atoms with Crippen LogP contribution in [0.1, 0.15) is 31.4 Å². The molecule has 1 aromatic heterocycles. The van der Waals surface area contributed by atoms with Crippen LogP contribution in [0.25, 0.3) is 5.69 Å². The van der Waals surface area contributed by atoms with Crippen LogP contribution < -0.4 is 0 Å². The average molecular weight is 227 g/mol. The summed E-state index contributed by atoms with van der Waals surface area (Å²) < 4.78 is 1.96. The van der Waals surface area contributed by atoms with Gasteiger partial charge in [0.1, 0.15) is 5.75 Å². The van der Waals surface area contributed by atoms with Gasteiger partial charge in [0.05, 0.1) is 5.69 Å². The van der Waals surface area contributed by atoms with Crippen LogP contribution in [-0.4, -0.2) is 9.67 Å². The van der Waals surface area contributed by atoms with Crippen LogP contribution in [-0.2, 0) is 11.8 Å². The fourth-order valence-electron chi connectivity index (χ4n) is 2.74. The van der Waals surface area contributed by atoms with Crippen LogP contribution in [0, 0.1) is 0 Å². The van der Waals surface area contributed by atoms with Gasteiger partial charge >= 0.3 is 0 Å². The van der Waals surface area contributed by atoms with Crippen molar-refractivity contribution in [1.82, 2.24) is 4.57 Å². The van der Waals surface area contributed by atoms with Gasteiger partial charge in [0.25, 0.3) is 0 Å². The minimum atomic E-state index is 0.227. The second kappa shape index (κ2) is 3.39. The van der Waals surface area contributed by atoms with Crippen LogP contribution in [0.2, 0.25) is 0 Å². The zero-order valence-electron chi connectivity index (χ0n) is 10.3. The van der Waals surface area contributed by atoms with E-state index in [1.807, 2.05) is 35.2 Å². The van der Waals surface area contributed by atoms with Crippen molar-refractivity contribution >= 4 is 0 Å². The molecule has 0 unspecified atom stereocenters. The molecule has 88 valence electrons. The smallest absolute Gasteiger partial charge is 0.139 e.